The summed E-state index contributed by atoms with van der Waals surface area (Å²) in [5, 5.41) is 3.27. The smallest absolute Gasteiger partial charge is 0.237 e. The number of amides is 1. The Hall–Kier alpha value is -1.39. The Morgan fingerprint density at radius 1 is 1.16 bits per heavy atom. The van der Waals surface area contributed by atoms with Gasteiger partial charge in [0.1, 0.15) is 0 Å². The molecule has 1 aromatic rings. The van der Waals surface area contributed by atoms with Gasteiger partial charge in [0.15, 0.2) is 0 Å². The van der Waals surface area contributed by atoms with Crippen LogP contribution in [0.2, 0.25) is 0 Å². The van der Waals surface area contributed by atoms with Gasteiger partial charge in [0.2, 0.25) is 5.91 Å². The second kappa shape index (κ2) is 9.35. The molecule has 0 unspecified atom stereocenters. The van der Waals surface area contributed by atoms with Gasteiger partial charge in [-0.05, 0) is 38.2 Å². The summed E-state index contributed by atoms with van der Waals surface area (Å²) in [5.74, 6) is 0.155. The Bertz CT molecular complexity index is 529. The highest BCUT2D eigenvalue weighted by Gasteiger charge is 2.33. The highest BCUT2D eigenvalue weighted by Crippen LogP contribution is 2.26. The van der Waals surface area contributed by atoms with Crippen molar-refractivity contribution < 1.29 is 4.79 Å². The lowest BCUT2D eigenvalue weighted by atomic mass is 9.87. The molecule has 1 fully saturated rings. The van der Waals surface area contributed by atoms with Crippen LogP contribution in [0.3, 0.4) is 0 Å². The molecule has 0 spiro atoms. The van der Waals surface area contributed by atoms with Crippen LogP contribution in [0.5, 0.6) is 0 Å². The first-order valence-corrected chi connectivity index (χ1v) is 9.75. The molecule has 2 rings (SSSR count). The zero-order chi connectivity index (χ0) is 18.4. The van der Waals surface area contributed by atoms with Crippen molar-refractivity contribution in [3.8, 4) is 0 Å². The minimum Gasteiger partial charge on any atom is -0.350 e. The minimum atomic E-state index is -0.427. The van der Waals surface area contributed by atoms with Crippen molar-refractivity contribution in [2.75, 3.05) is 0 Å². The summed E-state index contributed by atoms with van der Waals surface area (Å²) in [6.45, 7) is 9.41. The summed E-state index contributed by atoms with van der Waals surface area (Å²) in [7, 11) is 0. The predicted octanol–water partition coefficient (Wildman–Crippen LogP) is 3.31. The van der Waals surface area contributed by atoms with Crippen molar-refractivity contribution in [2.45, 2.75) is 84.1 Å². The van der Waals surface area contributed by atoms with Crippen molar-refractivity contribution in [3.63, 3.8) is 0 Å². The van der Waals surface area contributed by atoms with E-state index in [1.165, 1.54) is 18.4 Å². The maximum absolute atomic E-state index is 12.5. The summed E-state index contributed by atoms with van der Waals surface area (Å²) in [6, 6.07) is 11.2. The van der Waals surface area contributed by atoms with Gasteiger partial charge in [-0.1, -0.05) is 57.0 Å². The average Bonchev–Trinajstić information content (AvgIpc) is 2.60. The summed E-state index contributed by atoms with van der Waals surface area (Å²) >= 11 is 0. The van der Waals surface area contributed by atoms with Crippen LogP contribution in [0.1, 0.15) is 58.9 Å². The van der Waals surface area contributed by atoms with Crippen LogP contribution in [-0.4, -0.2) is 35.0 Å². The fourth-order valence-electron chi connectivity index (χ4n) is 3.74. The Morgan fingerprint density at radius 2 is 1.80 bits per heavy atom. The highest BCUT2D eigenvalue weighted by molar-refractivity contribution is 5.82. The molecule has 4 heteroatoms. The van der Waals surface area contributed by atoms with Crippen molar-refractivity contribution in [1.82, 2.24) is 10.2 Å². The van der Waals surface area contributed by atoms with Gasteiger partial charge in [0, 0.05) is 24.7 Å². The third kappa shape index (κ3) is 5.55. The van der Waals surface area contributed by atoms with Gasteiger partial charge in [-0.3, -0.25) is 9.69 Å². The number of benzene rings is 1. The molecule has 1 aliphatic rings. The molecule has 140 valence electrons. The van der Waals surface area contributed by atoms with E-state index in [1.54, 1.807) is 0 Å². The number of nitrogens with two attached hydrogens (primary N) is 1. The lowest BCUT2D eigenvalue weighted by Crippen LogP contribution is -2.57. The van der Waals surface area contributed by atoms with Crippen molar-refractivity contribution in [2.24, 2.45) is 11.7 Å². The molecule has 0 saturated heterocycles. The zero-order valence-electron chi connectivity index (χ0n) is 16.2. The average molecular weight is 346 g/mol. The third-order valence-electron chi connectivity index (χ3n) is 5.38. The standard InChI is InChI=1S/C21H35N3O/c1-15(2)20(22)21(25)23-18-12-8-9-13-19(18)24(16(3)4)14-17-10-6-5-7-11-17/h5-7,10-11,15-16,18-20H,8-9,12-14,22H2,1-4H3,(H,23,25)/t18-,19+,20-/m0/s1. The molecule has 0 radical (unpaired) electrons. The molecule has 4 nitrogen and oxygen atoms in total. The molecule has 25 heavy (non-hydrogen) atoms. The van der Waals surface area contributed by atoms with E-state index in [0.29, 0.717) is 12.1 Å². The quantitative estimate of drug-likeness (QED) is 0.797. The first-order chi connectivity index (χ1) is 11.9. The maximum atomic E-state index is 12.5. The second-order valence-corrected chi connectivity index (χ2v) is 7.99. The van der Waals surface area contributed by atoms with Crippen molar-refractivity contribution in [3.05, 3.63) is 35.9 Å². The second-order valence-electron chi connectivity index (χ2n) is 7.99. The van der Waals surface area contributed by atoms with E-state index >= 15 is 0 Å². The van der Waals surface area contributed by atoms with E-state index in [4.69, 9.17) is 5.73 Å². The molecule has 3 N–H and O–H groups in total. The fraction of sp³-hybridized carbons (Fsp3) is 0.667. The molecule has 0 aliphatic heterocycles. The number of nitrogens with one attached hydrogen (secondary N) is 1. The van der Waals surface area contributed by atoms with E-state index in [1.807, 2.05) is 13.8 Å². The Morgan fingerprint density at radius 3 is 2.40 bits per heavy atom. The number of carbonyl (C=O) groups is 1. The SMILES string of the molecule is CC(C)[C@H](N)C(=O)N[C@H]1CCCC[C@H]1N(Cc1ccccc1)C(C)C. The third-order valence-corrected chi connectivity index (χ3v) is 5.38. The summed E-state index contributed by atoms with van der Waals surface area (Å²) < 4.78 is 0. The summed E-state index contributed by atoms with van der Waals surface area (Å²) in [6.07, 6.45) is 4.58. The lowest BCUT2D eigenvalue weighted by Gasteiger charge is -2.43. The fourth-order valence-corrected chi connectivity index (χ4v) is 3.74. The van der Waals surface area contributed by atoms with Crippen LogP contribution >= 0.6 is 0 Å². The molecule has 1 saturated carbocycles. The van der Waals surface area contributed by atoms with E-state index in [0.717, 1.165) is 19.4 Å². The van der Waals surface area contributed by atoms with E-state index in [-0.39, 0.29) is 17.9 Å². The van der Waals surface area contributed by atoms with Crippen LogP contribution in [0, 0.1) is 5.92 Å². The van der Waals surface area contributed by atoms with Crippen LogP contribution in [0.25, 0.3) is 0 Å². The minimum absolute atomic E-state index is 0.00434. The van der Waals surface area contributed by atoms with E-state index in [9.17, 15) is 4.79 Å². The van der Waals surface area contributed by atoms with Crippen molar-refractivity contribution >= 4 is 5.91 Å². The Balaban J connectivity index is 2.11. The van der Waals surface area contributed by atoms with E-state index in [2.05, 4.69) is 54.4 Å². The molecule has 0 bridgehead atoms. The lowest BCUT2D eigenvalue weighted by molar-refractivity contribution is -0.124. The van der Waals surface area contributed by atoms with Crippen LogP contribution in [-0.2, 0) is 11.3 Å². The monoisotopic (exact) mass is 345 g/mol. The molecule has 0 heterocycles. The van der Waals surface area contributed by atoms with Gasteiger partial charge in [-0.2, -0.15) is 0 Å². The van der Waals surface area contributed by atoms with Crippen molar-refractivity contribution in [1.29, 1.82) is 0 Å². The number of nitrogens with zero attached hydrogens (tertiary/aromatic N) is 1. The van der Waals surface area contributed by atoms with Gasteiger partial charge in [0.25, 0.3) is 0 Å². The molecular formula is C21H35N3O. The molecular weight excluding hydrogens is 310 g/mol. The van der Waals surface area contributed by atoms with Gasteiger partial charge in [-0.15, -0.1) is 0 Å². The Kier molecular flexibility index (Phi) is 7.45. The Labute approximate surface area is 153 Å². The highest BCUT2D eigenvalue weighted by atomic mass is 16.2. The van der Waals surface area contributed by atoms with Crippen LogP contribution in [0.4, 0.5) is 0 Å². The van der Waals surface area contributed by atoms with Gasteiger partial charge >= 0.3 is 0 Å². The molecule has 1 amide bonds. The molecule has 3 atom stereocenters. The first kappa shape index (κ1) is 19.9. The number of carbonyl (C=O) groups excluding carboxylic acids is 1. The van der Waals surface area contributed by atoms with Gasteiger partial charge in [-0.25, -0.2) is 0 Å². The molecule has 1 aromatic carbocycles. The topological polar surface area (TPSA) is 58.4 Å². The number of hydrogen-bond donors (Lipinski definition) is 2. The molecule has 0 aromatic heterocycles. The summed E-state index contributed by atoms with van der Waals surface area (Å²) in [5.41, 5.74) is 7.38. The normalized spacial score (nSPS) is 22.4. The largest absolute Gasteiger partial charge is 0.350 e. The van der Waals surface area contributed by atoms with Gasteiger partial charge < -0.3 is 11.1 Å². The molecule has 1 aliphatic carbocycles. The summed E-state index contributed by atoms with van der Waals surface area (Å²) in [4.78, 5) is 15.0. The number of hydrogen-bond acceptors (Lipinski definition) is 3. The zero-order valence-corrected chi connectivity index (χ0v) is 16.2. The van der Waals surface area contributed by atoms with Crippen LogP contribution < -0.4 is 11.1 Å². The predicted molar refractivity (Wildman–Crippen MR) is 104 cm³/mol. The number of rotatable bonds is 7. The van der Waals surface area contributed by atoms with Crippen LogP contribution in [0.15, 0.2) is 30.3 Å². The van der Waals surface area contributed by atoms with E-state index < -0.39 is 6.04 Å². The first-order valence-electron chi connectivity index (χ1n) is 9.75. The van der Waals surface area contributed by atoms with Gasteiger partial charge in [0.05, 0.1) is 6.04 Å². The maximum Gasteiger partial charge on any atom is 0.237 e.